The topological polar surface area (TPSA) is 55.6 Å². The highest BCUT2D eigenvalue weighted by molar-refractivity contribution is 5.89. The van der Waals surface area contributed by atoms with E-state index in [0.717, 1.165) is 38.4 Å². The fourth-order valence-corrected chi connectivity index (χ4v) is 2.53. The smallest absolute Gasteiger partial charge is 1.00 e. The van der Waals surface area contributed by atoms with Crippen molar-refractivity contribution in [3.63, 3.8) is 0 Å². The number of benzene rings is 1. The van der Waals surface area contributed by atoms with E-state index >= 15 is 0 Å². The number of rotatable bonds is 5. The summed E-state index contributed by atoms with van der Waals surface area (Å²) >= 11 is 0. The van der Waals surface area contributed by atoms with Gasteiger partial charge in [0, 0.05) is 18.8 Å². The van der Waals surface area contributed by atoms with Crippen LogP contribution >= 0.6 is 0 Å². The third kappa shape index (κ3) is 5.85. The molecule has 4 nitrogen and oxygen atoms in total. The fraction of sp³-hybridized carbons (Fsp3) is 0.588. The second-order valence-corrected chi connectivity index (χ2v) is 6.25. The van der Waals surface area contributed by atoms with Crippen LogP contribution in [0.4, 0.5) is 5.69 Å². The van der Waals surface area contributed by atoms with Crippen LogP contribution in [-0.2, 0) is 4.74 Å². The molecule has 2 N–H and O–H groups in total. The average molecular weight is 327 g/mol. The molecule has 0 bridgehead atoms. The normalized spacial score (nSPS) is 16.3. The van der Waals surface area contributed by atoms with Gasteiger partial charge in [0.25, 0.3) is 0 Å². The van der Waals surface area contributed by atoms with Gasteiger partial charge in [-0.3, -0.25) is 0 Å². The molecule has 0 saturated carbocycles. The summed E-state index contributed by atoms with van der Waals surface area (Å²) in [7, 11) is 0. The predicted molar refractivity (Wildman–Crippen MR) is 86.3 cm³/mol. The molecular weight excluding hydrogens is 300 g/mol. The summed E-state index contributed by atoms with van der Waals surface area (Å²) in [4.78, 5) is 14.5. The molecule has 1 aliphatic heterocycles. The Hall–Kier alpha value is -1.26. The minimum Gasteiger partial charge on any atom is -1.00 e. The molecule has 1 saturated heterocycles. The maximum atomic E-state index is 12.0. The Kier molecular flexibility index (Phi) is 7.69. The van der Waals surface area contributed by atoms with E-state index in [1.54, 1.807) is 24.3 Å². The summed E-state index contributed by atoms with van der Waals surface area (Å²) in [6.45, 7) is 7.69. The van der Waals surface area contributed by atoms with Crippen molar-refractivity contribution in [2.75, 3.05) is 25.4 Å². The van der Waals surface area contributed by atoms with E-state index in [1.165, 1.54) is 6.42 Å². The van der Waals surface area contributed by atoms with Gasteiger partial charge in [-0.05, 0) is 56.0 Å². The van der Waals surface area contributed by atoms with Crippen LogP contribution < -0.4 is 18.1 Å². The SMILES string of the molecule is CC(C)CCN1CCC(OC(=O)c2ccc(N)cc2)CC1.[Cl-].[H+]. The van der Waals surface area contributed by atoms with Gasteiger partial charge >= 0.3 is 7.40 Å². The molecule has 5 heteroatoms. The van der Waals surface area contributed by atoms with E-state index in [1.807, 2.05) is 0 Å². The largest absolute Gasteiger partial charge is 1.00 e. The molecule has 2 rings (SSSR count). The van der Waals surface area contributed by atoms with E-state index in [-0.39, 0.29) is 25.9 Å². The number of ether oxygens (including phenoxy) is 1. The van der Waals surface area contributed by atoms with Gasteiger partial charge in [0.2, 0.25) is 0 Å². The summed E-state index contributed by atoms with van der Waals surface area (Å²) in [5.41, 5.74) is 6.85. The molecule has 22 heavy (non-hydrogen) atoms. The Balaban J connectivity index is 0.00000242. The fourth-order valence-electron chi connectivity index (χ4n) is 2.53. The highest BCUT2D eigenvalue weighted by Gasteiger charge is 2.22. The molecule has 0 radical (unpaired) electrons. The van der Waals surface area contributed by atoms with E-state index in [4.69, 9.17) is 10.5 Å². The van der Waals surface area contributed by atoms with Crippen molar-refractivity contribution in [2.45, 2.75) is 39.2 Å². The lowest BCUT2D eigenvalue weighted by molar-refractivity contribution is -0.0000825. The number of likely N-dealkylation sites (tertiary alicyclic amines) is 1. The zero-order chi connectivity index (χ0) is 15.2. The number of carbonyl (C=O) groups excluding carboxylic acids is 1. The number of hydrogen-bond donors (Lipinski definition) is 1. The van der Waals surface area contributed by atoms with E-state index < -0.39 is 0 Å². The number of nitrogen functional groups attached to an aromatic ring is 1. The molecule has 1 heterocycles. The van der Waals surface area contributed by atoms with Gasteiger partial charge in [0.1, 0.15) is 6.10 Å². The van der Waals surface area contributed by atoms with Gasteiger partial charge in [-0.1, -0.05) is 13.8 Å². The predicted octanol–water partition coefficient (Wildman–Crippen LogP) is 0.0526. The Morgan fingerprint density at radius 3 is 2.45 bits per heavy atom. The number of piperidine rings is 1. The maximum absolute atomic E-state index is 12.0. The van der Waals surface area contributed by atoms with Crippen LogP contribution in [0.15, 0.2) is 24.3 Å². The highest BCUT2D eigenvalue weighted by atomic mass is 35.5. The molecule has 1 aliphatic rings. The lowest BCUT2D eigenvalue weighted by Gasteiger charge is -2.32. The Labute approximate surface area is 140 Å². The quantitative estimate of drug-likeness (QED) is 0.614. The first kappa shape index (κ1) is 18.8. The average Bonchev–Trinajstić information content (AvgIpc) is 2.47. The lowest BCUT2D eigenvalue weighted by Crippen LogP contribution is -3.00. The Bertz CT molecular complexity index is 460. The number of halogens is 1. The lowest BCUT2D eigenvalue weighted by atomic mass is 10.1. The first-order valence-corrected chi connectivity index (χ1v) is 7.83. The molecule has 0 spiro atoms. The van der Waals surface area contributed by atoms with Crippen LogP contribution in [0, 0.1) is 5.92 Å². The number of nitrogens with two attached hydrogens (primary N) is 1. The Morgan fingerprint density at radius 2 is 1.91 bits per heavy atom. The van der Waals surface area contributed by atoms with Gasteiger partial charge in [0.15, 0.2) is 0 Å². The molecule has 1 aromatic carbocycles. The minimum atomic E-state index is -0.240. The highest BCUT2D eigenvalue weighted by Crippen LogP contribution is 2.17. The molecule has 0 aliphatic carbocycles. The van der Waals surface area contributed by atoms with Crippen molar-refractivity contribution < 1.29 is 23.4 Å². The van der Waals surface area contributed by atoms with Gasteiger partial charge in [-0.2, -0.15) is 0 Å². The third-order valence-electron chi connectivity index (χ3n) is 3.98. The van der Waals surface area contributed by atoms with Crippen LogP contribution in [0.1, 0.15) is 44.9 Å². The first-order chi connectivity index (χ1) is 10.0. The van der Waals surface area contributed by atoms with Crippen molar-refractivity contribution in [3.8, 4) is 0 Å². The van der Waals surface area contributed by atoms with Gasteiger partial charge in [0.05, 0.1) is 5.56 Å². The van der Waals surface area contributed by atoms with Crippen LogP contribution in [0.5, 0.6) is 0 Å². The maximum Gasteiger partial charge on any atom is 1.00 e. The number of esters is 1. The van der Waals surface area contributed by atoms with E-state index in [0.29, 0.717) is 11.3 Å². The molecule has 0 aromatic heterocycles. The summed E-state index contributed by atoms with van der Waals surface area (Å²) in [5.74, 6) is 0.502. The van der Waals surface area contributed by atoms with E-state index in [2.05, 4.69) is 18.7 Å². The molecule has 0 unspecified atom stereocenters. The summed E-state index contributed by atoms with van der Waals surface area (Å²) in [6, 6.07) is 6.89. The number of carbonyl (C=O) groups is 1. The summed E-state index contributed by atoms with van der Waals surface area (Å²) in [6.07, 6.45) is 3.14. The summed E-state index contributed by atoms with van der Waals surface area (Å²) in [5, 5.41) is 0. The van der Waals surface area contributed by atoms with Gasteiger partial charge in [-0.25, -0.2) is 4.79 Å². The molecular formula is C17H27ClN2O2. The molecule has 1 aromatic rings. The standard InChI is InChI=1S/C17H26N2O2.ClH/c1-13(2)7-10-19-11-8-16(9-12-19)21-17(20)14-3-5-15(18)6-4-14;/h3-6,13,16H,7-12,18H2,1-2H3;1H. The molecule has 124 valence electrons. The van der Waals surface area contributed by atoms with Crippen LogP contribution in [0.25, 0.3) is 0 Å². The number of nitrogens with zero attached hydrogens (tertiary/aromatic N) is 1. The monoisotopic (exact) mass is 326 g/mol. The second-order valence-electron chi connectivity index (χ2n) is 6.25. The molecule has 0 amide bonds. The zero-order valence-electron chi connectivity index (χ0n) is 14.4. The van der Waals surface area contributed by atoms with Crippen LogP contribution in [0.3, 0.4) is 0 Å². The van der Waals surface area contributed by atoms with Gasteiger partial charge < -0.3 is 27.8 Å². The molecule has 0 atom stereocenters. The van der Waals surface area contributed by atoms with E-state index in [9.17, 15) is 4.79 Å². The van der Waals surface area contributed by atoms with Crippen molar-refractivity contribution in [2.24, 2.45) is 5.92 Å². The van der Waals surface area contributed by atoms with Crippen molar-refractivity contribution in [1.82, 2.24) is 4.90 Å². The van der Waals surface area contributed by atoms with Crippen molar-refractivity contribution in [1.29, 1.82) is 0 Å². The molecule has 1 fully saturated rings. The van der Waals surface area contributed by atoms with Gasteiger partial charge in [-0.15, -0.1) is 0 Å². The zero-order valence-corrected chi connectivity index (χ0v) is 14.2. The number of hydrogen-bond acceptors (Lipinski definition) is 4. The minimum absolute atomic E-state index is 0. The third-order valence-corrected chi connectivity index (χ3v) is 3.98. The van der Waals surface area contributed by atoms with Crippen molar-refractivity contribution >= 4 is 11.7 Å². The Morgan fingerprint density at radius 1 is 1.32 bits per heavy atom. The van der Waals surface area contributed by atoms with Crippen LogP contribution in [0.2, 0.25) is 0 Å². The number of anilines is 1. The summed E-state index contributed by atoms with van der Waals surface area (Å²) < 4.78 is 5.58. The first-order valence-electron chi connectivity index (χ1n) is 7.83. The van der Waals surface area contributed by atoms with Crippen LogP contribution in [-0.4, -0.2) is 36.6 Å². The van der Waals surface area contributed by atoms with Crippen molar-refractivity contribution in [3.05, 3.63) is 29.8 Å². The second kappa shape index (κ2) is 9.01.